The van der Waals surface area contributed by atoms with E-state index in [2.05, 4.69) is 11.9 Å². The summed E-state index contributed by atoms with van der Waals surface area (Å²) in [5.74, 6) is 0.807. The van der Waals surface area contributed by atoms with Crippen molar-refractivity contribution in [2.24, 2.45) is 0 Å². The zero-order valence-electron chi connectivity index (χ0n) is 7.41. The Morgan fingerprint density at radius 3 is 3.00 bits per heavy atom. The van der Waals surface area contributed by atoms with Crippen molar-refractivity contribution < 1.29 is 9.47 Å². The van der Waals surface area contributed by atoms with Crippen molar-refractivity contribution in [2.45, 2.75) is 13.3 Å². The van der Waals surface area contributed by atoms with E-state index in [-0.39, 0.29) is 6.79 Å². The topological polar surface area (TPSA) is 31.4 Å². The lowest BCUT2D eigenvalue weighted by atomic mass is 10.2. The van der Waals surface area contributed by atoms with Gasteiger partial charge < -0.3 is 9.47 Å². The fraction of sp³-hybridized carbons (Fsp3) is 0.444. The molecule has 0 N–H and O–H groups in total. The highest BCUT2D eigenvalue weighted by atomic mass is 16.7. The first-order chi connectivity index (χ1) is 5.88. The van der Waals surface area contributed by atoms with Crippen LogP contribution in [0.1, 0.15) is 12.5 Å². The largest absolute Gasteiger partial charge is 0.466 e. The Hall–Kier alpha value is -1.09. The van der Waals surface area contributed by atoms with Crippen LogP contribution in [0, 0.1) is 0 Å². The van der Waals surface area contributed by atoms with Crippen molar-refractivity contribution in [3.63, 3.8) is 0 Å². The van der Waals surface area contributed by atoms with Gasteiger partial charge in [-0.1, -0.05) is 6.92 Å². The Kier molecular flexibility index (Phi) is 3.54. The Morgan fingerprint density at radius 1 is 1.50 bits per heavy atom. The van der Waals surface area contributed by atoms with E-state index < -0.39 is 0 Å². The molecule has 0 spiro atoms. The molecule has 3 heteroatoms. The molecule has 1 aromatic rings. The number of methoxy groups -OCH3 is 1. The molecule has 12 heavy (non-hydrogen) atoms. The molecular formula is C9H13NO2. The Labute approximate surface area is 72.3 Å². The van der Waals surface area contributed by atoms with Gasteiger partial charge in [-0.2, -0.15) is 0 Å². The van der Waals surface area contributed by atoms with Gasteiger partial charge in [0.05, 0.1) is 6.20 Å². The van der Waals surface area contributed by atoms with Gasteiger partial charge in [-0.05, 0) is 18.1 Å². The molecule has 0 aliphatic rings. The molecule has 66 valence electrons. The van der Waals surface area contributed by atoms with Crippen LogP contribution < -0.4 is 4.74 Å². The summed E-state index contributed by atoms with van der Waals surface area (Å²) in [5, 5.41) is 0. The molecular weight excluding hydrogens is 154 g/mol. The third-order valence-electron chi connectivity index (χ3n) is 1.58. The zero-order valence-corrected chi connectivity index (χ0v) is 7.41. The van der Waals surface area contributed by atoms with E-state index >= 15 is 0 Å². The van der Waals surface area contributed by atoms with Gasteiger partial charge >= 0.3 is 0 Å². The second-order valence-electron chi connectivity index (χ2n) is 2.39. The van der Waals surface area contributed by atoms with Crippen LogP contribution in [0.3, 0.4) is 0 Å². The molecule has 0 aliphatic heterocycles. The lowest BCUT2D eigenvalue weighted by Crippen LogP contribution is -2.01. The lowest BCUT2D eigenvalue weighted by Gasteiger charge is -2.07. The fourth-order valence-electron chi connectivity index (χ4n) is 0.953. The number of rotatable bonds is 4. The van der Waals surface area contributed by atoms with Crippen LogP contribution in [0.15, 0.2) is 18.5 Å². The summed E-state index contributed by atoms with van der Waals surface area (Å²) in [6.07, 6.45) is 4.41. The van der Waals surface area contributed by atoms with Gasteiger partial charge in [-0.25, -0.2) is 0 Å². The van der Waals surface area contributed by atoms with Crippen molar-refractivity contribution in [3.05, 3.63) is 24.0 Å². The molecule has 0 atom stereocenters. The van der Waals surface area contributed by atoms with Gasteiger partial charge in [0, 0.05) is 13.3 Å². The second kappa shape index (κ2) is 4.72. The quantitative estimate of drug-likeness (QED) is 0.638. The van der Waals surface area contributed by atoms with Crippen LogP contribution in [0.4, 0.5) is 0 Å². The summed E-state index contributed by atoms with van der Waals surface area (Å²) >= 11 is 0. The van der Waals surface area contributed by atoms with E-state index in [0.29, 0.717) is 0 Å². The molecule has 0 bridgehead atoms. The third kappa shape index (κ3) is 2.20. The van der Waals surface area contributed by atoms with E-state index in [1.807, 2.05) is 6.07 Å². The van der Waals surface area contributed by atoms with Crippen LogP contribution in [0.25, 0.3) is 0 Å². The van der Waals surface area contributed by atoms with E-state index in [4.69, 9.17) is 9.47 Å². The number of hydrogen-bond donors (Lipinski definition) is 0. The summed E-state index contributed by atoms with van der Waals surface area (Å²) in [6, 6.07) is 1.95. The third-order valence-corrected chi connectivity index (χ3v) is 1.58. The van der Waals surface area contributed by atoms with Gasteiger partial charge in [0.25, 0.3) is 0 Å². The first-order valence-electron chi connectivity index (χ1n) is 3.93. The van der Waals surface area contributed by atoms with Crippen LogP contribution >= 0.6 is 0 Å². The van der Waals surface area contributed by atoms with E-state index in [1.165, 1.54) is 0 Å². The SMILES string of the molecule is CCc1ccncc1OCOC. The molecule has 0 unspecified atom stereocenters. The molecule has 3 nitrogen and oxygen atoms in total. The van der Waals surface area contributed by atoms with Gasteiger partial charge in [-0.3, -0.25) is 4.98 Å². The van der Waals surface area contributed by atoms with Gasteiger partial charge in [0.15, 0.2) is 6.79 Å². The number of ether oxygens (including phenoxy) is 2. The summed E-state index contributed by atoms with van der Waals surface area (Å²) in [4.78, 5) is 3.97. The average Bonchev–Trinajstić information content (AvgIpc) is 2.15. The van der Waals surface area contributed by atoms with Crippen molar-refractivity contribution in [3.8, 4) is 5.75 Å². The molecule has 0 fully saturated rings. The Balaban J connectivity index is 2.68. The minimum Gasteiger partial charge on any atom is -0.466 e. The van der Waals surface area contributed by atoms with Gasteiger partial charge in [-0.15, -0.1) is 0 Å². The molecule has 0 aliphatic carbocycles. The molecule has 1 rings (SSSR count). The van der Waals surface area contributed by atoms with Gasteiger partial charge in [0.2, 0.25) is 0 Å². The number of aromatic nitrogens is 1. The molecule has 0 radical (unpaired) electrons. The van der Waals surface area contributed by atoms with Crippen LogP contribution in [0.5, 0.6) is 5.75 Å². The smallest absolute Gasteiger partial charge is 0.188 e. The standard InChI is InChI=1S/C9H13NO2/c1-3-8-4-5-10-6-9(8)12-7-11-2/h4-6H,3,7H2,1-2H3. The first-order valence-corrected chi connectivity index (χ1v) is 3.93. The number of nitrogens with zero attached hydrogens (tertiary/aromatic N) is 1. The van der Waals surface area contributed by atoms with Crippen molar-refractivity contribution in [1.29, 1.82) is 0 Å². The molecule has 1 heterocycles. The summed E-state index contributed by atoms with van der Waals surface area (Å²) in [7, 11) is 1.60. The first kappa shape index (κ1) is 9.00. The number of aryl methyl sites for hydroxylation is 1. The maximum absolute atomic E-state index is 5.29. The summed E-state index contributed by atoms with van der Waals surface area (Å²) < 4.78 is 10.1. The lowest BCUT2D eigenvalue weighted by molar-refractivity contribution is 0.0502. The molecule has 1 aromatic heterocycles. The Bertz CT molecular complexity index is 238. The Morgan fingerprint density at radius 2 is 2.33 bits per heavy atom. The maximum Gasteiger partial charge on any atom is 0.188 e. The highest BCUT2D eigenvalue weighted by Gasteiger charge is 1.99. The predicted molar refractivity (Wildman–Crippen MR) is 46.1 cm³/mol. The number of pyridine rings is 1. The summed E-state index contributed by atoms with van der Waals surface area (Å²) in [6.45, 7) is 2.35. The minimum atomic E-state index is 0.276. The average molecular weight is 167 g/mol. The van der Waals surface area contributed by atoms with Crippen molar-refractivity contribution in [2.75, 3.05) is 13.9 Å². The van der Waals surface area contributed by atoms with E-state index in [1.54, 1.807) is 19.5 Å². The van der Waals surface area contributed by atoms with Crippen LogP contribution in [-0.4, -0.2) is 18.9 Å². The van der Waals surface area contributed by atoms with Crippen LogP contribution in [-0.2, 0) is 11.2 Å². The zero-order chi connectivity index (χ0) is 8.81. The van der Waals surface area contributed by atoms with Gasteiger partial charge in [0.1, 0.15) is 5.75 Å². The van der Waals surface area contributed by atoms with E-state index in [9.17, 15) is 0 Å². The van der Waals surface area contributed by atoms with Crippen molar-refractivity contribution in [1.82, 2.24) is 4.98 Å². The highest BCUT2D eigenvalue weighted by Crippen LogP contribution is 2.16. The number of hydrogen-bond acceptors (Lipinski definition) is 3. The highest BCUT2D eigenvalue weighted by molar-refractivity contribution is 5.29. The summed E-state index contributed by atoms with van der Waals surface area (Å²) in [5.41, 5.74) is 1.15. The van der Waals surface area contributed by atoms with Crippen molar-refractivity contribution >= 4 is 0 Å². The van der Waals surface area contributed by atoms with E-state index in [0.717, 1.165) is 17.7 Å². The molecule has 0 aromatic carbocycles. The fourth-order valence-corrected chi connectivity index (χ4v) is 0.953. The molecule has 0 amide bonds. The normalized spacial score (nSPS) is 9.83. The second-order valence-corrected chi connectivity index (χ2v) is 2.39. The maximum atomic E-state index is 5.29. The monoisotopic (exact) mass is 167 g/mol. The molecule has 0 saturated carbocycles. The predicted octanol–water partition coefficient (Wildman–Crippen LogP) is 1.63. The molecule has 0 saturated heterocycles. The minimum absolute atomic E-state index is 0.276. The van der Waals surface area contributed by atoms with Crippen LogP contribution in [0.2, 0.25) is 0 Å².